The first-order valence-corrected chi connectivity index (χ1v) is 16.5. The van der Waals surface area contributed by atoms with Crippen molar-refractivity contribution in [2.45, 2.75) is 12.8 Å². The van der Waals surface area contributed by atoms with E-state index in [1.807, 2.05) is 0 Å². The van der Waals surface area contributed by atoms with E-state index in [-0.39, 0.29) is 0 Å². The predicted molar refractivity (Wildman–Crippen MR) is 200 cm³/mol. The van der Waals surface area contributed by atoms with Crippen molar-refractivity contribution in [1.82, 2.24) is 0 Å². The molecule has 1 heterocycles. The van der Waals surface area contributed by atoms with Crippen LogP contribution >= 0.6 is 0 Å². The van der Waals surface area contributed by atoms with Crippen LogP contribution in [0.5, 0.6) is 0 Å². The Balaban J connectivity index is 1.31. The quantitative estimate of drug-likeness (QED) is 0.184. The highest BCUT2D eigenvalue weighted by atomic mass is 16.3. The van der Waals surface area contributed by atoms with E-state index in [9.17, 15) is 0 Å². The fraction of sp³-hybridized carbons (Fsp3) is 0.0435. The van der Waals surface area contributed by atoms with Crippen LogP contribution in [0.1, 0.15) is 17.7 Å². The molecule has 1 heteroatoms. The van der Waals surface area contributed by atoms with Crippen LogP contribution in [-0.2, 0) is 6.42 Å². The second-order valence-electron chi connectivity index (χ2n) is 12.7. The number of furan rings is 1. The molecule has 0 saturated carbocycles. The van der Waals surface area contributed by atoms with E-state index < -0.39 is 0 Å². The molecule has 0 spiro atoms. The van der Waals surface area contributed by atoms with Gasteiger partial charge >= 0.3 is 0 Å². The molecule has 0 bridgehead atoms. The molecular weight excluding hydrogens is 569 g/mol. The zero-order valence-corrected chi connectivity index (χ0v) is 25.8. The normalized spacial score (nSPS) is 12.9. The first kappa shape index (κ1) is 26.3. The molecule has 9 aromatic rings. The highest BCUT2D eigenvalue weighted by Crippen LogP contribution is 2.49. The maximum atomic E-state index is 6.85. The molecule has 1 aliphatic rings. The number of rotatable bonds is 3. The van der Waals surface area contributed by atoms with E-state index in [1.165, 1.54) is 87.4 Å². The Bertz CT molecular complexity index is 2680. The minimum absolute atomic E-state index is 0.934. The summed E-state index contributed by atoms with van der Waals surface area (Å²) in [5.41, 5.74) is 9.60. The Labute approximate surface area is 273 Å². The van der Waals surface area contributed by atoms with Crippen molar-refractivity contribution >= 4 is 60.1 Å². The molecule has 0 N–H and O–H groups in total. The van der Waals surface area contributed by atoms with Gasteiger partial charge < -0.3 is 4.42 Å². The number of allylic oxidation sites excluding steroid dienone is 1. The van der Waals surface area contributed by atoms with Crippen molar-refractivity contribution in [3.05, 3.63) is 163 Å². The minimum atomic E-state index is 0.934. The molecule has 8 aromatic carbocycles. The lowest BCUT2D eigenvalue weighted by atomic mass is 9.83. The summed E-state index contributed by atoms with van der Waals surface area (Å²) in [5, 5.41) is 11.1. The van der Waals surface area contributed by atoms with Gasteiger partial charge in [-0.1, -0.05) is 146 Å². The molecule has 1 aliphatic carbocycles. The Hall–Kier alpha value is -5.92. The van der Waals surface area contributed by atoms with Crippen LogP contribution in [0.3, 0.4) is 0 Å². The second-order valence-corrected chi connectivity index (χ2v) is 12.7. The lowest BCUT2D eigenvalue weighted by Gasteiger charge is -2.19. The van der Waals surface area contributed by atoms with E-state index in [2.05, 4.69) is 158 Å². The van der Waals surface area contributed by atoms with Crippen LogP contribution in [0.2, 0.25) is 0 Å². The Morgan fingerprint density at radius 2 is 1.02 bits per heavy atom. The van der Waals surface area contributed by atoms with Crippen LogP contribution in [0, 0.1) is 0 Å². The summed E-state index contributed by atoms with van der Waals surface area (Å²) in [5.74, 6) is 1.09. The van der Waals surface area contributed by atoms with Gasteiger partial charge in [0.15, 0.2) is 0 Å². The van der Waals surface area contributed by atoms with E-state index in [1.54, 1.807) is 0 Å². The summed E-state index contributed by atoms with van der Waals surface area (Å²) in [6.07, 6.45) is 6.48. The van der Waals surface area contributed by atoms with Crippen LogP contribution in [0.15, 0.2) is 156 Å². The molecule has 0 unspecified atom stereocenters. The van der Waals surface area contributed by atoms with E-state index in [4.69, 9.17) is 4.42 Å². The van der Waals surface area contributed by atoms with Crippen LogP contribution in [-0.4, -0.2) is 0 Å². The summed E-state index contributed by atoms with van der Waals surface area (Å²) in [6, 6.07) is 53.3. The molecule has 1 aromatic heterocycles. The summed E-state index contributed by atoms with van der Waals surface area (Å²) in [6.45, 7) is 0. The number of benzene rings is 8. The van der Waals surface area contributed by atoms with Gasteiger partial charge in [-0.15, -0.1) is 0 Å². The summed E-state index contributed by atoms with van der Waals surface area (Å²) < 4.78 is 6.85. The zero-order valence-electron chi connectivity index (χ0n) is 25.8. The van der Waals surface area contributed by atoms with Crippen LogP contribution in [0.25, 0.3) is 93.5 Å². The van der Waals surface area contributed by atoms with E-state index in [0.717, 1.165) is 24.2 Å². The van der Waals surface area contributed by atoms with Gasteiger partial charge in [0.25, 0.3) is 0 Å². The van der Waals surface area contributed by atoms with Crippen molar-refractivity contribution in [3.63, 3.8) is 0 Å². The van der Waals surface area contributed by atoms with Gasteiger partial charge in [-0.2, -0.15) is 0 Å². The number of hydrogen-bond acceptors (Lipinski definition) is 1. The Morgan fingerprint density at radius 1 is 0.426 bits per heavy atom. The maximum Gasteiger partial charge on any atom is 0.143 e. The molecule has 47 heavy (non-hydrogen) atoms. The minimum Gasteiger partial charge on any atom is -0.460 e. The maximum absolute atomic E-state index is 6.85. The molecule has 0 atom stereocenters. The van der Waals surface area contributed by atoms with Gasteiger partial charge in [0, 0.05) is 28.5 Å². The molecule has 10 rings (SSSR count). The molecule has 220 valence electrons. The van der Waals surface area contributed by atoms with Crippen molar-refractivity contribution in [3.8, 4) is 33.4 Å². The number of fused-ring (bicyclic) bond motifs is 7. The molecule has 0 aliphatic heterocycles. The highest BCUT2D eigenvalue weighted by molar-refractivity contribution is 6.27. The van der Waals surface area contributed by atoms with Crippen molar-refractivity contribution < 1.29 is 4.42 Å². The van der Waals surface area contributed by atoms with Crippen molar-refractivity contribution in [1.29, 1.82) is 0 Å². The third-order valence-electron chi connectivity index (χ3n) is 10.1. The topological polar surface area (TPSA) is 13.1 Å². The average molecular weight is 599 g/mol. The van der Waals surface area contributed by atoms with Gasteiger partial charge in [-0.3, -0.25) is 0 Å². The second kappa shape index (κ2) is 10.3. The van der Waals surface area contributed by atoms with E-state index in [0.29, 0.717) is 0 Å². The van der Waals surface area contributed by atoms with Crippen molar-refractivity contribution in [2.24, 2.45) is 0 Å². The fourth-order valence-electron chi connectivity index (χ4n) is 8.02. The third-order valence-corrected chi connectivity index (χ3v) is 10.1. The van der Waals surface area contributed by atoms with Gasteiger partial charge in [0.1, 0.15) is 11.3 Å². The fourth-order valence-corrected chi connectivity index (χ4v) is 8.02. The van der Waals surface area contributed by atoms with Gasteiger partial charge in [0.05, 0.1) is 0 Å². The third kappa shape index (κ3) is 3.96. The highest BCUT2D eigenvalue weighted by Gasteiger charge is 2.24. The molecule has 1 nitrogen and oxygen atoms in total. The largest absolute Gasteiger partial charge is 0.460 e. The molecule has 0 fully saturated rings. The number of aryl methyl sites for hydroxylation is 1. The SMILES string of the molecule is C1=Cc2c(oc3c(-c4c5ccccc5c(-c5cccc(-c6cccc7ccccc67)c5)c5ccccc45)c4ccccc4cc23)CC1. The van der Waals surface area contributed by atoms with Crippen LogP contribution in [0.4, 0.5) is 0 Å². The lowest BCUT2D eigenvalue weighted by Crippen LogP contribution is -1.92. The van der Waals surface area contributed by atoms with Crippen LogP contribution < -0.4 is 0 Å². The predicted octanol–water partition coefficient (Wildman–Crippen LogP) is 13.0. The van der Waals surface area contributed by atoms with Gasteiger partial charge in [0.2, 0.25) is 0 Å². The van der Waals surface area contributed by atoms with Gasteiger partial charge in [-0.25, -0.2) is 0 Å². The Morgan fingerprint density at radius 3 is 1.79 bits per heavy atom. The summed E-state index contributed by atoms with van der Waals surface area (Å²) >= 11 is 0. The monoisotopic (exact) mass is 598 g/mol. The summed E-state index contributed by atoms with van der Waals surface area (Å²) in [4.78, 5) is 0. The first-order valence-electron chi connectivity index (χ1n) is 16.5. The van der Waals surface area contributed by atoms with Gasteiger partial charge in [-0.05, 0) is 83.9 Å². The molecule has 0 amide bonds. The average Bonchev–Trinajstić information content (AvgIpc) is 3.51. The molecule has 0 radical (unpaired) electrons. The lowest BCUT2D eigenvalue weighted by molar-refractivity contribution is 0.547. The Kier molecular flexibility index (Phi) is 5.77. The van der Waals surface area contributed by atoms with Crippen molar-refractivity contribution in [2.75, 3.05) is 0 Å². The molecular formula is C46H30O. The first-order chi connectivity index (χ1) is 23.3. The molecule has 0 saturated heterocycles. The van der Waals surface area contributed by atoms with E-state index >= 15 is 0 Å². The number of hydrogen-bond donors (Lipinski definition) is 0. The zero-order chi connectivity index (χ0) is 30.9. The summed E-state index contributed by atoms with van der Waals surface area (Å²) in [7, 11) is 0. The standard InChI is InChI=1S/C46H30O/c1-3-18-33-29(13-1)15-12-25-34(33)30-16-11-17-32(27-30)43-37-21-5-7-23-39(37)44(40-24-8-6-22-38(40)43)45-35-19-4-2-14-31(35)28-41-36-20-9-10-26-42(36)47-46(41)45/h1-9,11-25,27-28H,10,26H2. The smallest absolute Gasteiger partial charge is 0.143 e.